The molecular weight excluding hydrogens is 328 g/mol. The highest BCUT2D eigenvalue weighted by atomic mass is 32.1. The molecule has 1 heterocycles. The maximum atomic E-state index is 5.63. The van der Waals surface area contributed by atoms with E-state index in [0.717, 1.165) is 23.0 Å². The van der Waals surface area contributed by atoms with Gasteiger partial charge in [-0.15, -0.1) is 0 Å². The maximum Gasteiger partial charge on any atom is 0.169 e. The van der Waals surface area contributed by atoms with E-state index in [9.17, 15) is 0 Å². The van der Waals surface area contributed by atoms with Gasteiger partial charge in [0.05, 0.1) is 11.4 Å². The zero-order valence-corrected chi connectivity index (χ0v) is 16.3. The second-order valence-electron chi connectivity index (χ2n) is 7.04. The van der Waals surface area contributed by atoms with E-state index >= 15 is 0 Å². The van der Waals surface area contributed by atoms with Crippen LogP contribution in [0, 0.1) is 13.8 Å². The van der Waals surface area contributed by atoms with E-state index in [0.29, 0.717) is 6.04 Å². The fraction of sp³-hybridized carbons (Fsp3) is 0.500. The topological polar surface area (TPSA) is 33.1 Å². The molecule has 0 unspecified atom stereocenters. The minimum absolute atomic E-state index is 0.540. The quantitative estimate of drug-likeness (QED) is 0.835. The molecule has 0 bridgehead atoms. The van der Waals surface area contributed by atoms with Crippen molar-refractivity contribution in [3.63, 3.8) is 0 Å². The number of para-hydroxylation sites is 1. The zero-order valence-electron chi connectivity index (χ0n) is 15.5. The number of rotatable bonds is 4. The molecule has 1 fully saturated rings. The van der Waals surface area contributed by atoms with E-state index in [4.69, 9.17) is 17.3 Å². The Kier molecular flexibility index (Phi) is 5.74. The lowest BCUT2D eigenvalue weighted by molar-refractivity contribution is 0.392. The molecular formula is C20H28N4S. The molecule has 5 heteroatoms. The van der Waals surface area contributed by atoms with E-state index in [1.165, 1.54) is 43.4 Å². The average molecular weight is 357 g/mol. The predicted octanol–water partition coefficient (Wildman–Crippen LogP) is 4.13. The Hall–Kier alpha value is -1.88. The summed E-state index contributed by atoms with van der Waals surface area (Å²) in [7, 11) is 2.07. The van der Waals surface area contributed by atoms with Gasteiger partial charge >= 0.3 is 0 Å². The van der Waals surface area contributed by atoms with Crippen LogP contribution in [0.3, 0.4) is 0 Å². The summed E-state index contributed by atoms with van der Waals surface area (Å²) >= 11 is 5.63. The number of thiocarbonyl (C=S) groups is 1. The summed E-state index contributed by atoms with van der Waals surface area (Å²) in [4.78, 5) is 2.14. The van der Waals surface area contributed by atoms with Crippen molar-refractivity contribution in [3.8, 4) is 5.69 Å². The van der Waals surface area contributed by atoms with Crippen LogP contribution >= 0.6 is 12.2 Å². The second kappa shape index (κ2) is 8.00. The molecule has 0 amide bonds. The first-order valence-corrected chi connectivity index (χ1v) is 9.59. The summed E-state index contributed by atoms with van der Waals surface area (Å²) in [5.74, 6) is 0. The average Bonchev–Trinajstić information content (AvgIpc) is 2.91. The number of nitrogens with zero attached hydrogens (tertiary/aromatic N) is 3. The molecule has 4 nitrogen and oxygen atoms in total. The van der Waals surface area contributed by atoms with Gasteiger partial charge in [0, 0.05) is 30.9 Å². The summed E-state index contributed by atoms with van der Waals surface area (Å²) in [5.41, 5.74) is 4.59. The molecule has 0 radical (unpaired) electrons. The lowest BCUT2D eigenvalue weighted by atomic mass is 9.96. The predicted molar refractivity (Wildman–Crippen MR) is 107 cm³/mol. The minimum Gasteiger partial charge on any atom is -0.360 e. The molecule has 1 aromatic carbocycles. The number of hydrogen-bond acceptors (Lipinski definition) is 2. The lowest BCUT2D eigenvalue weighted by Crippen LogP contribution is -2.43. The molecule has 1 aliphatic carbocycles. The van der Waals surface area contributed by atoms with Crippen molar-refractivity contribution in [2.24, 2.45) is 0 Å². The maximum absolute atomic E-state index is 5.63. The van der Waals surface area contributed by atoms with Gasteiger partial charge in [-0.3, -0.25) is 0 Å². The Morgan fingerprint density at radius 3 is 2.56 bits per heavy atom. The molecule has 3 rings (SSSR count). The van der Waals surface area contributed by atoms with E-state index in [1.54, 1.807) is 0 Å². The molecule has 0 atom stereocenters. The Bertz CT molecular complexity index is 717. The van der Waals surface area contributed by atoms with Crippen molar-refractivity contribution in [2.45, 2.75) is 58.5 Å². The van der Waals surface area contributed by atoms with Gasteiger partial charge in [0.2, 0.25) is 0 Å². The molecule has 1 aliphatic rings. The van der Waals surface area contributed by atoms with E-state index < -0.39 is 0 Å². The summed E-state index contributed by atoms with van der Waals surface area (Å²) < 4.78 is 2.02. The second-order valence-corrected chi connectivity index (χ2v) is 7.42. The highest BCUT2D eigenvalue weighted by Crippen LogP contribution is 2.20. The van der Waals surface area contributed by atoms with Crippen LogP contribution in [0.25, 0.3) is 5.69 Å². The van der Waals surface area contributed by atoms with Crippen LogP contribution in [-0.2, 0) is 6.54 Å². The molecule has 2 aromatic rings. The first kappa shape index (κ1) is 17.9. The summed E-state index contributed by atoms with van der Waals surface area (Å²) in [6.45, 7) is 4.99. The van der Waals surface area contributed by atoms with Gasteiger partial charge < -0.3 is 10.2 Å². The number of nitrogens with one attached hydrogen (secondary N) is 1. The third-order valence-corrected chi connectivity index (χ3v) is 5.55. The number of hydrogen-bond donors (Lipinski definition) is 1. The largest absolute Gasteiger partial charge is 0.360 e. The first-order chi connectivity index (χ1) is 12.1. The number of aromatic nitrogens is 2. The van der Waals surface area contributed by atoms with Crippen molar-refractivity contribution in [1.29, 1.82) is 0 Å². The van der Waals surface area contributed by atoms with Crippen LogP contribution < -0.4 is 5.32 Å². The zero-order chi connectivity index (χ0) is 17.8. The monoisotopic (exact) mass is 356 g/mol. The van der Waals surface area contributed by atoms with Gasteiger partial charge in [0.15, 0.2) is 5.11 Å². The summed E-state index contributed by atoms with van der Waals surface area (Å²) in [6, 6.07) is 10.8. The molecule has 25 heavy (non-hydrogen) atoms. The van der Waals surface area contributed by atoms with Crippen LogP contribution in [0.4, 0.5) is 0 Å². The number of benzene rings is 1. The summed E-state index contributed by atoms with van der Waals surface area (Å²) in [6.07, 6.45) is 6.45. The van der Waals surface area contributed by atoms with Crippen molar-refractivity contribution < 1.29 is 0 Å². The van der Waals surface area contributed by atoms with Crippen molar-refractivity contribution >= 4 is 17.3 Å². The van der Waals surface area contributed by atoms with Crippen molar-refractivity contribution in [2.75, 3.05) is 7.05 Å². The molecule has 134 valence electrons. The third kappa shape index (κ3) is 4.21. The minimum atomic E-state index is 0.540. The van der Waals surface area contributed by atoms with E-state index in [1.807, 2.05) is 22.9 Å². The standard InChI is InChI=1S/C20H28N4S/c1-15-19(16(2)24(22-15)18-12-8-5-9-13-18)14-23(3)20(25)21-17-10-6-4-7-11-17/h5,8-9,12-13,17H,4,6-7,10-11,14H2,1-3H3,(H,21,25). The van der Waals surface area contributed by atoms with Crippen LogP contribution in [0.15, 0.2) is 30.3 Å². The highest BCUT2D eigenvalue weighted by molar-refractivity contribution is 7.80. The molecule has 0 spiro atoms. The third-order valence-electron chi connectivity index (χ3n) is 5.12. The van der Waals surface area contributed by atoms with Gasteiger partial charge in [0.25, 0.3) is 0 Å². The normalized spacial score (nSPS) is 15.2. The Morgan fingerprint density at radius 2 is 1.88 bits per heavy atom. The number of aryl methyl sites for hydroxylation is 1. The molecule has 1 saturated carbocycles. The molecule has 0 aliphatic heterocycles. The fourth-order valence-corrected chi connectivity index (χ4v) is 3.80. The van der Waals surface area contributed by atoms with E-state index in [2.05, 4.69) is 43.2 Å². The van der Waals surface area contributed by atoms with Crippen molar-refractivity contribution in [1.82, 2.24) is 20.0 Å². The van der Waals surface area contributed by atoms with Crippen molar-refractivity contribution in [3.05, 3.63) is 47.3 Å². The first-order valence-electron chi connectivity index (χ1n) is 9.18. The van der Waals surface area contributed by atoms with Gasteiger partial charge in [-0.2, -0.15) is 5.10 Å². The van der Waals surface area contributed by atoms with Crippen LogP contribution in [0.2, 0.25) is 0 Å². The summed E-state index contributed by atoms with van der Waals surface area (Å²) in [5, 5.41) is 9.13. The van der Waals surface area contributed by atoms with Gasteiger partial charge in [0.1, 0.15) is 0 Å². The Labute approximate surface area is 156 Å². The Morgan fingerprint density at radius 1 is 1.20 bits per heavy atom. The lowest BCUT2D eigenvalue weighted by Gasteiger charge is -2.28. The fourth-order valence-electron chi connectivity index (χ4n) is 3.57. The molecule has 1 N–H and O–H groups in total. The van der Waals surface area contributed by atoms with Gasteiger partial charge in [-0.1, -0.05) is 37.5 Å². The molecule has 0 saturated heterocycles. The van der Waals surface area contributed by atoms with Gasteiger partial charge in [-0.25, -0.2) is 4.68 Å². The highest BCUT2D eigenvalue weighted by Gasteiger charge is 2.18. The Balaban J connectivity index is 1.69. The van der Waals surface area contributed by atoms with Crippen LogP contribution in [0.1, 0.15) is 49.1 Å². The van der Waals surface area contributed by atoms with Crippen LogP contribution in [-0.4, -0.2) is 32.9 Å². The van der Waals surface area contributed by atoms with Gasteiger partial charge in [-0.05, 0) is 51.0 Å². The molecule has 1 aromatic heterocycles. The van der Waals surface area contributed by atoms with E-state index in [-0.39, 0.29) is 0 Å². The SMILES string of the molecule is Cc1nn(-c2ccccc2)c(C)c1CN(C)C(=S)NC1CCCCC1. The smallest absolute Gasteiger partial charge is 0.169 e. The van der Waals surface area contributed by atoms with Crippen LogP contribution in [0.5, 0.6) is 0 Å².